The molecule has 0 bridgehead atoms. The molecule has 0 aliphatic rings. The number of hydrogen-bond donors (Lipinski definition) is 0. The number of carbonyl (C=O) groups is 3. The molecule has 1 unspecified atom stereocenters. The molecule has 83 heavy (non-hydrogen) atoms. The smallest absolute Gasteiger partial charge is 0.306 e. The van der Waals surface area contributed by atoms with E-state index in [9.17, 15) is 14.4 Å². The summed E-state index contributed by atoms with van der Waals surface area (Å²) in [5, 5.41) is 0. The van der Waals surface area contributed by atoms with Crippen LogP contribution in [0.5, 0.6) is 0 Å². The minimum Gasteiger partial charge on any atom is -0.462 e. The summed E-state index contributed by atoms with van der Waals surface area (Å²) in [5.74, 6) is -0.829. The van der Waals surface area contributed by atoms with E-state index in [0.29, 0.717) is 19.3 Å². The average Bonchev–Trinajstić information content (AvgIpc) is 3.50. The molecule has 0 aliphatic heterocycles. The van der Waals surface area contributed by atoms with E-state index in [0.717, 1.165) is 57.8 Å². The van der Waals surface area contributed by atoms with Gasteiger partial charge in [-0.25, -0.2) is 0 Å². The molecular formula is C77H148O6. The van der Waals surface area contributed by atoms with E-state index in [1.54, 1.807) is 0 Å². The summed E-state index contributed by atoms with van der Waals surface area (Å²) >= 11 is 0. The van der Waals surface area contributed by atoms with Crippen LogP contribution in [0.1, 0.15) is 445 Å². The highest BCUT2D eigenvalue weighted by Gasteiger charge is 2.20. The minimum atomic E-state index is -0.770. The van der Waals surface area contributed by atoms with Crippen molar-refractivity contribution in [2.75, 3.05) is 13.2 Å². The lowest BCUT2D eigenvalue weighted by Crippen LogP contribution is -2.30. The molecule has 0 heterocycles. The van der Waals surface area contributed by atoms with E-state index >= 15 is 0 Å². The van der Waals surface area contributed by atoms with Crippen LogP contribution in [-0.2, 0) is 28.6 Å². The first kappa shape index (κ1) is 81.2. The molecule has 492 valence electrons. The summed E-state index contributed by atoms with van der Waals surface area (Å²) in [6.07, 6.45) is 88.3. The highest BCUT2D eigenvalue weighted by molar-refractivity contribution is 5.71. The van der Waals surface area contributed by atoms with Crippen LogP contribution >= 0.6 is 0 Å². The summed E-state index contributed by atoms with van der Waals surface area (Å²) in [6, 6.07) is 0. The fourth-order valence-electron chi connectivity index (χ4n) is 12.0. The molecule has 0 aliphatic carbocycles. The number of ether oxygens (including phenoxy) is 3. The Bertz CT molecular complexity index is 1300. The van der Waals surface area contributed by atoms with Crippen molar-refractivity contribution >= 4 is 17.9 Å². The molecule has 0 spiro atoms. The number of allylic oxidation sites excluding steroid dienone is 2. The van der Waals surface area contributed by atoms with Crippen LogP contribution in [-0.4, -0.2) is 37.2 Å². The molecule has 6 heteroatoms. The zero-order valence-corrected chi connectivity index (χ0v) is 56.8. The molecule has 0 fully saturated rings. The molecule has 0 amide bonds. The van der Waals surface area contributed by atoms with E-state index in [-0.39, 0.29) is 31.1 Å². The zero-order valence-electron chi connectivity index (χ0n) is 56.8. The third-order valence-electron chi connectivity index (χ3n) is 17.8. The van der Waals surface area contributed by atoms with Gasteiger partial charge in [-0.05, 0) is 44.9 Å². The Morgan fingerprint density at radius 3 is 0.602 bits per heavy atom. The van der Waals surface area contributed by atoms with Crippen LogP contribution in [0.2, 0.25) is 0 Å². The van der Waals surface area contributed by atoms with Gasteiger partial charge < -0.3 is 14.2 Å². The van der Waals surface area contributed by atoms with Gasteiger partial charge in [0.15, 0.2) is 6.10 Å². The van der Waals surface area contributed by atoms with Crippen LogP contribution in [0, 0.1) is 0 Å². The van der Waals surface area contributed by atoms with Gasteiger partial charge in [0, 0.05) is 19.3 Å². The third-order valence-corrected chi connectivity index (χ3v) is 17.8. The summed E-state index contributed by atoms with van der Waals surface area (Å²) < 4.78 is 17.0. The second kappa shape index (κ2) is 72.6. The highest BCUT2D eigenvalue weighted by atomic mass is 16.6. The van der Waals surface area contributed by atoms with Crippen LogP contribution in [0.3, 0.4) is 0 Å². The minimum absolute atomic E-state index is 0.0646. The number of esters is 3. The Morgan fingerprint density at radius 1 is 0.229 bits per heavy atom. The molecule has 6 nitrogen and oxygen atoms in total. The van der Waals surface area contributed by atoms with Crippen LogP contribution in [0.15, 0.2) is 12.2 Å². The zero-order chi connectivity index (χ0) is 59.9. The number of unbranched alkanes of at least 4 members (excludes halogenated alkanes) is 59. The fraction of sp³-hybridized carbons (Fsp3) is 0.935. The number of carbonyl (C=O) groups excluding carboxylic acids is 3. The summed E-state index contributed by atoms with van der Waals surface area (Å²) in [7, 11) is 0. The second-order valence-corrected chi connectivity index (χ2v) is 26.3. The van der Waals surface area contributed by atoms with E-state index in [1.807, 2.05) is 0 Å². The van der Waals surface area contributed by atoms with Gasteiger partial charge >= 0.3 is 17.9 Å². The lowest BCUT2D eigenvalue weighted by Gasteiger charge is -2.18. The quantitative estimate of drug-likeness (QED) is 0.0261. The molecule has 0 N–H and O–H groups in total. The molecule has 0 rings (SSSR count). The van der Waals surface area contributed by atoms with E-state index in [1.165, 1.54) is 347 Å². The largest absolute Gasteiger partial charge is 0.462 e. The van der Waals surface area contributed by atoms with Crippen molar-refractivity contribution in [2.24, 2.45) is 0 Å². The van der Waals surface area contributed by atoms with Crippen molar-refractivity contribution in [1.82, 2.24) is 0 Å². The second-order valence-electron chi connectivity index (χ2n) is 26.3. The normalized spacial score (nSPS) is 12.0. The molecule has 0 saturated carbocycles. The Kier molecular flexibility index (Phi) is 71.0. The molecule has 0 aromatic carbocycles. The van der Waals surface area contributed by atoms with Crippen LogP contribution < -0.4 is 0 Å². The summed E-state index contributed by atoms with van der Waals surface area (Å²) in [6.45, 7) is 6.74. The van der Waals surface area contributed by atoms with Crippen molar-refractivity contribution in [3.63, 3.8) is 0 Å². The predicted molar refractivity (Wildman–Crippen MR) is 363 cm³/mol. The Hall–Kier alpha value is -1.85. The fourth-order valence-corrected chi connectivity index (χ4v) is 12.0. The maximum absolute atomic E-state index is 13.0. The maximum Gasteiger partial charge on any atom is 0.306 e. The molecular weight excluding hydrogens is 1020 g/mol. The average molecular weight is 1170 g/mol. The molecule has 1 atom stereocenters. The van der Waals surface area contributed by atoms with E-state index in [4.69, 9.17) is 14.2 Å². The van der Waals surface area contributed by atoms with Gasteiger partial charge in [-0.1, -0.05) is 392 Å². The molecule has 0 aromatic rings. The monoisotopic (exact) mass is 1170 g/mol. The van der Waals surface area contributed by atoms with Crippen LogP contribution in [0.25, 0.3) is 0 Å². The standard InChI is InChI=1S/C77H148O6/c1-4-7-10-13-16-19-22-25-28-31-34-35-36-37-38-39-40-41-42-43-44-47-49-52-55-58-61-64-67-70-76(79)82-73-74(83-77(80)71-68-65-62-59-56-53-50-46-33-30-27-24-21-18-15-12-9-6-3)72-81-75(78)69-66-63-60-57-54-51-48-45-32-29-26-23-20-17-14-11-8-5-2/h30,33,74H,4-29,31-32,34-73H2,1-3H3/b33-30-. The van der Waals surface area contributed by atoms with Gasteiger partial charge in [0.1, 0.15) is 13.2 Å². The first-order valence-corrected chi connectivity index (χ1v) is 38.2. The SMILES string of the molecule is CCCCCCCCC/C=C\CCCCCCCCCC(=O)OC(COC(=O)CCCCCCCCCCCCCCCCCCCC)COC(=O)CCCCCCCCCCCCCCCCCCCCCCCCCCCCCCC. The van der Waals surface area contributed by atoms with Crippen molar-refractivity contribution < 1.29 is 28.6 Å². The van der Waals surface area contributed by atoms with E-state index < -0.39 is 6.10 Å². The topological polar surface area (TPSA) is 78.9 Å². The lowest BCUT2D eigenvalue weighted by molar-refractivity contribution is -0.167. The lowest BCUT2D eigenvalue weighted by atomic mass is 10.0. The van der Waals surface area contributed by atoms with Gasteiger partial charge in [0.05, 0.1) is 0 Å². The van der Waals surface area contributed by atoms with E-state index in [2.05, 4.69) is 32.9 Å². The predicted octanol–water partition coefficient (Wildman–Crippen LogP) is 26.3. The van der Waals surface area contributed by atoms with Crippen molar-refractivity contribution in [3.8, 4) is 0 Å². The van der Waals surface area contributed by atoms with Gasteiger partial charge in [-0.3, -0.25) is 14.4 Å². The van der Waals surface area contributed by atoms with Crippen molar-refractivity contribution in [2.45, 2.75) is 451 Å². The number of hydrogen-bond acceptors (Lipinski definition) is 6. The van der Waals surface area contributed by atoms with Gasteiger partial charge in [0.25, 0.3) is 0 Å². The van der Waals surface area contributed by atoms with Crippen molar-refractivity contribution in [1.29, 1.82) is 0 Å². The first-order chi connectivity index (χ1) is 41.0. The van der Waals surface area contributed by atoms with Crippen LogP contribution in [0.4, 0.5) is 0 Å². The summed E-state index contributed by atoms with van der Waals surface area (Å²) in [5.41, 5.74) is 0. The van der Waals surface area contributed by atoms with Gasteiger partial charge in [-0.2, -0.15) is 0 Å². The van der Waals surface area contributed by atoms with Gasteiger partial charge in [0.2, 0.25) is 0 Å². The maximum atomic E-state index is 13.0. The number of rotatable bonds is 72. The Labute approximate surface area is 520 Å². The first-order valence-electron chi connectivity index (χ1n) is 38.2. The Balaban J connectivity index is 4.20. The highest BCUT2D eigenvalue weighted by Crippen LogP contribution is 2.20. The molecule has 0 radical (unpaired) electrons. The summed E-state index contributed by atoms with van der Waals surface area (Å²) in [4.78, 5) is 38.5. The van der Waals surface area contributed by atoms with Gasteiger partial charge in [-0.15, -0.1) is 0 Å². The van der Waals surface area contributed by atoms with Crippen molar-refractivity contribution in [3.05, 3.63) is 12.2 Å². The third kappa shape index (κ3) is 70.8. The molecule has 0 saturated heterocycles. The molecule has 0 aromatic heterocycles. The Morgan fingerprint density at radius 2 is 0.398 bits per heavy atom.